The van der Waals surface area contributed by atoms with Gasteiger partial charge in [0.05, 0.1) is 25.1 Å². The molecule has 0 spiro atoms. The number of nitro groups is 1. The summed E-state index contributed by atoms with van der Waals surface area (Å²) in [6.07, 6.45) is -0.312. The van der Waals surface area contributed by atoms with Crippen molar-refractivity contribution in [2.24, 2.45) is 5.41 Å². The summed E-state index contributed by atoms with van der Waals surface area (Å²) in [5, 5.41) is 11.4. The number of nitrogens with zero attached hydrogens (tertiary/aromatic N) is 1. The number of ether oxygens (including phenoxy) is 2. The lowest BCUT2D eigenvalue weighted by atomic mass is 9.64. The summed E-state index contributed by atoms with van der Waals surface area (Å²) in [5.74, 6) is -1.86. The first-order valence-electron chi connectivity index (χ1n) is 13.3. The van der Waals surface area contributed by atoms with Crippen LogP contribution in [0.25, 0.3) is 22.5 Å². The van der Waals surface area contributed by atoms with Crippen LogP contribution in [0.1, 0.15) is 40.4 Å². The van der Waals surface area contributed by atoms with Gasteiger partial charge in [0.2, 0.25) is 0 Å². The van der Waals surface area contributed by atoms with Crippen molar-refractivity contribution in [3.05, 3.63) is 123 Å². The number of esters is 2. The molecule has 0 saturated carbocycles. The minimum atomic E-state index is -1.80. The predicted octanol–water partition coefficient (Wildman–Crippen LogP) is 5.76. The number of rotatable bonds is 6. The Hall–Kier alpha value is -5.31. The average molecular weight is 564 g/mol. The second kappa shape index (κ2) is 10.3. The van der Waals surface area contributed by atoms with Crippen molar-refractivity contribution in [3.8, 4) is 11.3 Å². The Morgan fingerprint density at radius 2 is 1.45 bits per heavy atom. The third-order valence-corrected chi connectivity index (χ3v) is 8.05. The lowest BCUT2D eigenvalue weighted by Gasteiger charge is -2.36. The fourth-order valence-electron chi connectivity index (χ4n) is 6.18. The Labute approximate surface area is 240 Å². The first kappa shape index (κ1) is 26.9. The van der Waals surface area contributed by atoms with Crippen molar-refractivity contribution in [2.75, 3.05) is 14.2 Å². The van der Waals surface area contributed by atoms with Crippen LogP contribution in [0.15, 0.2) is 89.3 Å². The number of carbonyl (C=O) groups excluding carboxylic acids is 3. The molecule has 6 rings (SSSR count). The van der Waals surface area contributed by atoms with Crippen LogP contribution in [0.2, 0.25) is 0 Å². The van der Waals surface area contributed by atoms with Crippen LogP contribution in [-0.2, 0) is 30.3 Å². The lowest BCUT2D eigenvalue weighted by molar-refractivity contribution is -0.384. The highest BCUT2D eigenvalue weighted by molar-refractivity contribution is 6.34. The summed E-state index contributed by atoms with van der Waals surface area (Å²) in [6, 6.07) is 24.3. The van der Waals surface area contributed by atoms with Crippen molar-refractivity contribution < 1.29 is 33.2 Å². The van der Waals surface area contributed by atoms with Crippen LogP contribution in [0.5, 0.6) is 0 Å². The molecule has 1 aromatic heterocycles. The molecule has 9 heteroatoms. The van der Waals surface area contributed by atoms with Gasteiger partial charge in [0.25, 0.3) is 5.69 Å². The SMILES string of the molecule is COC(=O)C1(C(=O)OC)CC2=C(c3ccc([N+](=O)[O-])cc3)C(=O)C(c3ccccc3)c3c(-c4ccccc4)oc(c32)C1. The lowest BCUT2D eigenvalue weighted by Crippen LogP contribution is -2.46. The van der Waals surface area contributed by atoms with Crippen molar-refractivity contribution in [2.45, 2.75) is 18.8 Å². The van der Waals surface area contributed by atoms with E-state index in [2.05, 4.69) is 0 Å². The zero-order valence-corrected chi connectivity index (χ0v) is 22.8. The van der Waals surface area contributed by atoms with E-state index < -0.39 is 28.2 Å². The molecule has 0 N–H and O–H groups in total. The van der Waals surface area contributed by atoms with Crippen molar-refractivity contribution in [1.82, 2.24) is 0 Å². The van der Waals surface area contributed by atoms with E-state index in [9.17, 15) is 24.5 Å². The number of benzene rings is 3. The number of nitro benzene ring substituents is 1. The summed E-state index contributed by atoms with van der Waals surface area (Å²) in [5.41, 5.74) is 1.94. The Morgan fingerprint density at radius 3 is 2.02 bits per heavy atom. The summed E-state index contributed by atoms with van der Waals surface area (Å²) in [7, 11) is 2.38. The first-order valence-corrected chi connectivity index (χ1v) is 13.3. The van der Waals surface area contributed by atoms with Crippen LogP contribution < -0.4 is 0 Å². The highest BCUT2D eigenvalue weighted by atomic mass is 16.6. The molecule has 0 radical (unpaired) electrons. The van der Waals surface area contributed by atoms with Gasteiger partial charge in [-0.05, 0) is 28.8 Å². The van der Waals surface area contributed by atoms with Gasteiger partial charge in [0, 0.05) is 47.2 Å². The molecule has 0 fully saturated rings. The van der Waals surface area contributed by atoms with Gasteiger partial charge in [0.1, 0.15) is 11.5 Å². The minimum absolute atomic E-state index is 0.131. The summed E-state index contributed by atoms with van der Waals surface area (Å²) >= 11 is 0. The minimum Gasteiger partial charge on any atom is -0.468 e. The van der Waals surface area contributed by atoms with Gasteiger partial charge in [-0.1, -0.05) is 60.7 Å². The molecule has 42 heavy (non-hydrogen) atoms. The molecule has 4 aromatic rings. The Balaban J connectivity index is 1.72. The topological polar surface area (TPSA) is 126 Å². The zero-order chi connectivity index (χ0) is 29.6. The van der Waals surface area contributed by atoms with Crippen LogP contribution in [0, 0.1) is 15.5 Å². The molecule has 3 aromatic carbocycles. The van der Waals surface area contributed by atoms with Gasteiger partial charge in [-0.25, -0.2) is 0 Å². The molecule has 1 unspecified atom stereocenters. The fraction of sp³-hybridized carbons (Fsp3) is 0.182. The third-order valence-electron chi connectivity index (χ3n) is 8.05. The molecule has 2 aliphatic rings. The second-order valence-corrected chi connectivity index (χ2v) is 10.3. The average Bonchev–Trinajstić information content (AvgIpc) is 3.40. The number of Topliss-reactive ketones (excluding diaryl/α,β-unsaturated/α-hetero) is 1. The fourth-order valence-corrected chi connectivity index (χ4v) is 6.18. The number of allylic oxidation sites excluding steroid dienone is 2. The van der Waals surface area contributed by atoms with E-state index in [0.29, 0.717) is 33.8 Å². The highest BCUT2D eigenvalue weighted by Crippen LogP contribution is 2.57. The molecular weight excluding hydrogens is 538 g/mol. The molecule has 0 aliphatic heterocycles. The molecule has 0 saturated heterocycles. The van der Waals surface area contributed by atoms with E-state index >= 15 is 0 Å². The number of hydrogen-bond donors (Lipinski definition) is 0. The maximum absolute atomic E-state index is 14.7. The standard InChI is InChI=1S/C33H25NO8/c1-40-31(36)33(32(37)41-2)17-23-25(20-13-15-22(16-14-20)34(38)39)29(35)26(19-9-5-3-6-10-19)28-27(23)24(18-33)42-30(28)21-11-7-4-8-12-21/h3-16,26H,17-18H2,1-2H3. The van der Waals surface area contributed by atoms with E-state index in [4.69, 9.17) is 13.9 Å². The molecule has 9 nitrogen and oxygen atoms in total. The molecule has 0 amide bonds. The van der Waals surface area contributed by atoms with Gasteiger partial charge >= 0.3 is 11.9 Å². The number of hydrogen-bond acceptors (Lipinski definition) is 8. The molecule has 0 bridgehead atoms. The predicted molar refractivity (Wildman–Crippen MR) is 152 cm³/mol. The number of non-ortho nitro benzene ring substituents is 1. The molecule has 1 heterocycles. The maximum Gasteiger partial charge on any atom is 0.324 e. The van der Waals surface area contributed by atoms with Gasteiger partial charge in [-0.3, -0.25) is 24.5 Å². The highest BCUT2D eigenvalue weighted by Gasteiger charge is 2.56. The number of carbonyl (C=O) groups is 3. The van der Waals surface area contributed by atoms with E-state index in [1.54, 1.807) is 0 Å². The molecular formula is C33H25NO8. The van der Waals surface area contributed by atoms with Gasteiger partial charge < -0.3 is 13.9 Å². The Bertz CT molecular complexity index is 1750. The van der Waals surface area contributed by atoms with E-state index in [-0.39, 0.29) is 29.9 Å². The third kappa shape index (κ3) is 4.04. The smallest absolute Gasteiger partial charge is 0.324 e. The maximum atomic E-state index is 14.7. The van der Waals surface area contributed by atoms with Crippen LogP contribution in [0.4, 0.5) is 5.69 Å². The summed E-state index contributed by atoms with van der Waals surface area (Å²) in [6.45, 7) is 0. The Kier molecular flexibility index (Phi) is 6.57. The number of ketones is 1. The van der Waals surface area contributed by atoms with Crippen LogP contribution in [-0.4, -0.2) is 36.9 Å². The summed E-state index contributed by atoms with van der Waals surface area (Å²) < 4.78 is 16.7. The molecule has 210 valence electrons. The monoisotopic (exact) mass is 563 g/mol. The second-order valence-electron chi connectivity index (χ2n) is 10.3. The van der Waals surface area contributed by atoms with Gasteiger partial charge in [-0.2, -0.15) is 0 Å². The van der Waals surface area contributed by atoms with E-state index in [1.807, 2.05) is 60.7 Å². The van der Waals surface area contributed by atoms with Gasteiger partial charge in [0.15, 0.2) is 11.2 Å². The normalized spacial score (nSPS) is 16.9. The van der Waals surface area contributed by atoms with E-state index in [0.717, 1.165) is 11.1 Å². The number of methoxy groups -OCH3 is 2. The zero-order valence-electron chi connectivity index (χ0n) is 22.8. The van der Waals surface area contributed by atoms with Gasteiger partial charge in [-0.15, -0.1) is 0 Å². The molecule has 2 aliphatic carbocycles. The Morgan fingerprint density at radius 1 is 0.857 bits per heavy atom. The largest absolute Gasteiger partial charge is 0.468 e. The van der Waals surface area contributed by atoms with Crippen molar-refractivity contribution in [3.63, 3.8) is 0 Å². The summed E-state index contributed by atoms with van der Waals surface area (Å²) in [4.78, 5) is 52.2. The first-order chi connectivity index (χ1) is 20.3. The van der Waals surface area contributed by atoms with Crippen molar-refractivity contribution >= 4 is 34.6 Å². The van der Waals surface area contributed by atoms with E-state index in [1.165, 1.54) is 38.5 Å². The molecule has 1 atom stereocenters. The van der Waals surface area contributed by atoms with Crippen LogP contribution in [0.3, 0.4) is 0 Å². The number of furan rings is 1. The van der Waals surface area contributed by atoms with Crippen molar-refractivity contribution in [1.29, 1.82) is 0 Å². The van der Waals surface area contributed by atoms with Crippen LogP contribution >= 0.6 is 0 Å². The quantitative estimate of drug-likeness (QED) is 0.125.